The fourth-order valence-corrected chi connectivity index (χ4v) is 3.92. The van der Waals surface area contributed by atoms with Gasteiger partial charge in [-0.2, -0.15) is 5.10 Å². The third kappa shape index (κ3) is 3.17. The van der Waals surface area contributed by atoms with Crippen molar-refractivity contribution in [2.45, 2.75) is 19.4 Å². The number of halogens is 2. The first-order chi connectivity index (χ1) is 10.3. The Bertz CT molecular complexity index is 615. The van der Waals surface area contributed by atoms with E-state index in [4.69, 9.17) is 11.6 Å². The van der Waals surface area contributed by atoms with Gasteiger partial charge in [0, 0.05) is 29.9 Å². The van der Waals surface area contributed by atoms with Crippen LogP contribution in [0, 0.1) is 11.8 Å². The smallest absolute Gasteiger partial charge is 0.0568 e. The van der Waals surface area contributed by atoms with Crippen molar-refractivity contribution in [3.63, 3.8) is 0 Å². The lowest BCUT2D eigenvalue weighted by Crippen LogP contribution is -2.48. The largest absolute Gasteiger partial charge is 0.303 e. The Morgan fingerprint density at radius 1 is 1.09 bits per heavy atom. The molecule has 4 heterocycles. The lowest BCUT2D eigenvalue weighted by Gasteiger charge is -2.44. The van der Waals surface area contributed by atoms with Crippen molar-refractivity contribution in [1.29, 1.82) is 0 Å². The fraction of sp³-hybridized carbons (Fsp3) is 0.471. The summed E-state index contributed by atoms with van der Waals surface area (Å²) < 4.78 is 2.12. The van der Waals surface area contributed by atoms with E-state index in [0.717, 1.165) is 23.4 Å². The van der Waals surface area contributed by atoms with Crippen LogP contribution in [0.15, 0.2) is 36.7 Å². The normalized spacial score (nSPS) is 26.7. The van der Waals surface area contributed by atoms with E-state index in [-0.39, 0.29) is 12.4 Å². The average molecular weight is 338 g/mol. The molecule has 3 aliphatic heterocycles. The molecule has 1 unspecified atom stereocenters. The summed E-state index contributed by atoms with van der Waals surface area (Å²) in [5, 5.41) is 5.33. The maximum atomic E-state index is 5.94. The molecular formula is C17H21Cl2N3. The Labute approximate surface area is 142 Å². The molecule has 1 aromatic carbocycles. The van der Waals surface area contributed by atoms with Gasteiger partial charge in [0.05, 0.1) is 6.20 Å². The van der Waals surface area contributed by atoms with Gasteiger partial charge in [-0.05, 0) is 55.5 Å². The lowest BCUT2D eigenvalue weighted by atomic mass is 9.79. The quantitative estimate of drug-likeness (QED) is 0.844. The van der Waals surface area contributed by atoms with Crippen LogP contribution in [0.2, 0.25) is 5.02 Å². The summed E-state index contributed by atoms with van der Waals surface area (Å²) in [6, 6.07) is 7.97. The summed E-state index contributed by atoms with van der Waals surface area (Å²) in [5.41, 5.74) is 2.35. The van der Waals surface area contributed by atoms with E-state index in [9.17, 15) is 0 Å². The molecule has 0 amide bonds. The van der Waals surface area contributed by atoms with Crippen LogP contribution < -0.4 is 0 Å². The van der Waals surface area contributed by atoms with Crippen molar-refractivity contribution >= 4 is 24.0 Å². The van der Waals surface area contributed by atoms with Crippen molar-refractivity contribution in [3.8, 4) is 11.1 Å². The monoisotopic (exact) mass is 337 g/mol. The molecule has 2 bridgehead atoms. The molecule has 22 heavy (non-hydrogen) atoms. The van der Waals surface area contributed by atoms with Crippen LogP contribution in [-0.4, -0.2) is 34.3 Å². The van der Waals surface area contributed by atoms with Crippen molar-refractivity contribution < 1.29 is 0 Å². The summed E-state index contributed by atoms with van der Waals surface area (Å²) in [4.78, 5) is 2.61. The van der Waals surface area contributed by atoms with E-state index in [1.165, 1.54) is 43.6 Å². The van der Waals surface area contributed by atoms with Crippen molar-refractivity contribution in [2.24, 2.45) is 11.8 Å². The molecule has 0 N–H and O–H groups in total. The van der Waals surface area contributed by atoms with Crippen molar-refractivity contribution in [1.82, 2.24) is 14.7 Å². The van der Waals surface area contributed by atoms with E-state index < -0.39 is 0 Å². The van der Waals surface area contributed by atoms with Gasteiger partial charge in [-0.3, -0.25) is 4.68 Å². The van der Waals surface area contributed by atoms with E-state index in [0.29, 0.717) is 0 Å². The van der Waals surface area contributed by atoms with E-state index >= 15 is 0 Å². The summed E-state index contributed by atoms with van der Waals surface area (Å²) in [5.74, 6) is 1.67. The minimum absolute atomic E-state index is 0. The Kier molecular flexibility index (Phi) is 4.76. The van der Waals surface area contributed by atoms with Gasteiger partial charge in [-0.1, -0.05) is 23.7 Å². The Balaban J connectivity index is 0.00000144. The third-order valence-corrected chi connectivity index (χ3v) is 5.28. The molecule has 2 aromatic rings. The summed E-state index contributed by atoms with van der Waals surface area (Å²) in [6.45, 7) is 4.90. The topological polar surface area (TPSA) is 21.1 Å². The second kappa shape index (κ2) is 6.61. The molecule has 3 aliphatic rings. The molecule has 0 radical (unpaired) electrons. The van der Waals surface area contributed by atoms with Gasteiger partial charge < -0.3 is 4.90 Å². The number of nitrogens with zero attached hydrogens (tertiary/aromatic N) is 3. The van der Waals surface area contributed by atoms with E-state index in [2.05, 4.69) is 33.0 Å². The summed E-state index contributed by atoms with van der Waals surface area (Å²) in [7, 11) is 0. The predicted molar refractivity (Wildman–Crippen MR) is 92.6 cm³/mol. The van der Waals surface area contributed by atoms with Gasteiger partial charge in [-0.15, -0.1) is 12.4 Å². The maximum Gasteiger partial charge on any atom is 0.0568 e. The highest BCUT2D eigenvalue weighted by molar-refractivity contribution is 6.30. The molecule has 5 rings (SSSR count). The van der Waals surface area contributed by atoms with Crippen LogP contribution in [0.5, 0.6) is 0 Å². The highest BCUT2D eigenvalue weighted by Crippen LogP contribution is 2.33. The molecule has 1 atom stereocenters. The SMILES string of the molecule is Cl.Clc1ccc(-c2cnn(CC3CN4CCC3CC4)c2)cc1. The Morgan fingerprint density at radius 3 is 2.45 bits per heavy atom. The number of hydrogen-bond donors (Lipinski definition) is 0. The molecular weight excluding hydrogens is 317 g/mol. The molecule has 1 aromatic heterocycles. The number of benzene rings is 1. The molecule has 118 valence electrons. The molecule has 3 saturated heterocycles. The number of piperidine rings is 3. The molecule has 0 saturated carbocycles. The summed E-state index contributed by atoms with van der Waals surface area (Å²) in [6.07, 6.45) is 6.87. The second-order valence-corrected chi connectivity index (χ2v) is 6.79. The van der Waals surface area contributed by atoms with E-state index in [1.54, 1.807) is 0 Å². The average Bonchev–Trinajstić information content (AvgIpc) is 2.98. The van der Waals surface area contributed by atoms with Crippen molar-refractivity contribution in [3.05, 3.63) is 41.7 Å². The van der Waals surface area contributed by atoms with Gasteiger partial charge in [-0.25, -0.2) is 0 Å². The van der Waals surface area contributed by atoms with Gasteiger partial charge in [0.1, 0.15) is 0 Å². The first kappa shape index (κ1) is 15.9. The van der Waals surface area contributed by atoms with Crippen LogP contribution >= 0.6 is 24.0 Å². The third-order valence-electron chi connectivity index (χ3n) is 5.02. The molecule has 3 nitrogen and oxygen atoms in total. The first-order valence-corrected chi connectivity index (χ1v) is 8.16. The van der Waals surface area contributed by atoms with Crippen LogP contribution in [0.1, 0.15) is 12.8 Å². The Morgan fingerprint density at radius 2 is 1.82 bits per heavy atom. The number of aromatic nitrogens is 2. The minimum atomic E-state index is 0. The highest BCUT2D eigenvalue weighted by Gasteiger charge is 2.34. The zero-order chi connectivity index (χ0) is 14.2. The van der Waals surface area contributed by atoms with Gasteiger partial charge in [0.15, 0.2) is 0 Å². The predicted octanol–water partition coefficient (Wildman–Crippen LogP) is 3.97. The van der Waals surface area contributed by atoms with Crippen LogP contribution in [0.25, 0.3) is 11.1 Å². The standard InChI is InChI=1S/C17H20ClN3.ClH/c18-17-3-1-13(2-4-17)15-9-19-21(11-15)12-16-10-20-7-5-14(16)6-8-20;/h1-4,9,11,14,16H,5-8,10,12H2;1H. The number of fused-ring (bicyclic) bond motifs is 3. The molecule has 3 fully saturated rings. The van der Waals surface area contributed by atoms with Gasteiger partial charge in [0.25, 0.3) is 0 Å². The zero-order valence-electron chi connectivity index (χ0n) is 12.5. The van der Waals surface area contributed by atoms with Gasteiger partial charge >= 0.3 is 0 Å². The van der Waals surface area contributed by atoms with Crippen molar-refractivity contribution in [2.75, 3.05) is 19.6 Å². The number of rotatable bonds is 3. The molecule has 0 aliphatic carbocycles. The molecule has 0 spiro atoms. The molecule has 5 heteroatoms. The lowest BCUT2D eigenvalue weighted by molar-refractivity contribution is 0.0405. The Hall–Kier alpha value is -1.03. The summed E-state index contributed by atoms with van der Waals surface area (Å²) >= 11 is 5.94. The van der Waals surface area contributed by atoms with Crippen LogP contribution in [-0.2, 0) is 6.54 Å². The zero-order valence-corrected chi connectivity index (χ0v) is 14.1. The maximum absolute atomic E-state index is 5.94. The van der Waals surface area contributed by atoms with Crippen LogP contribution in [0.4, 0.5) is 0 Å². The second-order valence-electron chi connectivity index (χ2n) is 6.36. The fourth-order valence-electron chi connectivity index (χ4n) is 3.79. The number of hydrogen-bond acceptors (Lipinski definition) is 2. The van der Waals surface area contributed by atoms with Gasteiger partial charge in [0.2, 0.25) is 0 Å². The highest BCUT2D eigenvalue weighted by atomic mass is 35.5. The minimum Gasteiger partial charge on any atom is -0.303 e. The van der Waals surface area contributed by atoms with E-state index in [1.807, 2.05) is 18.3 Å². The first-order valence-electron chi connectivity index (χ1n) is 7.79. The van der Waals surface area contributed by atoms with Crippen LogP contribution in [0.3, 0.4) is 0 Å².